The van der Waals surface area contributed by atoms with E-state index in [0.29, 0.717) is 17.6 Å². The molecule has 0 bridgehead atoms. The fraction of sp³-hybridized carbons (Fsp3) is 0.211. The molecule has 2 aromatic rings. The summed E-state index contributed by atoms with van der Waals surface area (Å²) < 4.78 is 10.4. The van der Waals surface area contributed by atoms with Gasteiger partial charge in [0.2, 0.25) is 0 Å². The van der Waals surface area contributed by atoms with Crippen LogP contribution in [0, 0.1) is 0 Å². The third-order valence-corrected chi connectivity index (χ3v) is 3.48. The molecular weight excluding hydrogens is 338 g/mol. The summed E-state index contributed by atoms with van der Waals surface area (Å²) in [5.74, 6) is -0.944. The van der Waals surface area contributed by atoms with Gasteiger partial charge in [-0.3, -0.25) is 4.79 Å². The van der Waals surface area contributed by atoms with Gasteiger partial charge in [-0.05, 0) is 29.8 Å². The van der Waals surface area contributed by atoms with E-state index in [1.165, 1.54) is 0 Å². The first kappa shape index (κ1) is 19.0. The first-order valence-electron chi connectivity index (χ1n) is 7.94. The van der Waals surface area contributed by atoms with E-state index >= 15 is 0 Å². The largest absolute Gasteiger partial charge is 0.548 e. The molecule has 136 valence electrons. The minimum Gasteiger partial charge on any atom is -0.548 e. The van der Waals surface area contributed by atoms with Crippen LogP contribution in [0.3, 0.4) is 0 Å². The number of carbonyl (C=O) groups excluding carboxylic acids is 3. The van der Waals surface area contributed by atoms with Crippen molar-refractivity contribution in [2.75, 3.05) is 6.61 Å². The topological polar surface area (TPSA) is 105 Å². The third kappa shape index (κ3) is 6.27. The van der Waals surface area contributed by atoms with Gasteiger partial charge in [0.25, 0.3) is 0 Å². The first-order chi connectivity index (χ1) is 12.6. The molecule has 0 aliphatic rings. The van der Waals surface area contributed by atoms with Gasteiger partial charge in [-0.1, -0.05) is 30.3 Å². The van der Waals surface area contributed by atoms with Gasteiger partial charge in [0.15, 0.2) is 0 Å². The van der Waals surface area contributed by atoms with Crippen LogP contribution in [0.4, 0.5) is 4.79 Å². The van der Waals surface area contributed by atoms with Gasteiger partial charge in [0.1, 0.15) is 18.6 Å². The molecule has 7 heteroatoms. The summed E-state index contributed by atoms with van der Waals surface area (Å²) in [6, 6.07) is 14.1. The van der Waals surface area contributed by atoms with E-state index in [4.69, 9.17) is 9.47 Å². The predicted molar refractivity (Wildman–Crippen MR) is 90.5 cm³/mol. The highest BCUT2D eigenvalue weighted by Gasteiger charge is 2.14. The number of aliphatic carboxylic acids is 1. The number of hydrogen-bond acceptors (Lipinski definition) is 6. The van der Waals surface area contributed by atoms with Crippen molar-refractivity contribution >= 4 is 18.3 Å². The van der Waals surface area contributed by atoms with Crippen molar-refractivity contribution < 1.29 is 29.0 Å². The molecular formula is C19H18NO6-. The number of aldehydes is 1. The van der Waals surface area contributed by atoms with Gasteiger partial charge < -0.3 is 24.7 Å². The smallest absolute Gasteiger partial charge is 0.407 e. The van der Waals surface area contributed by atoms with Crippen molar-refractivity contribution in [3.8, 4) is 5.75 Å². The molecule has 2 rings (SSSR count). The molecule has 0 aliphatic carbocycles. The Morgan fingerprint density at radius 3 is 2.38 bits per heavy atom. The minimum atomic E-state index is -1.43. The highest BCUT2D eigenvalue weighted by atomic mass is 16.5. The molecule has 1 atom stereocenters. The number of nitrogens with one attached hydrogen (secondary N) is 1. The number of amides is 1. The summed E-state index contributed by atoms with van der Waals surface area (Å²) >= 11 is 0. The number of hydrogen-bond donors (Lipinski definition) is 1. The quantitative estimate of drug-likeness (QED) is 0.679. The Bertz CT molecular complexity index is 729. The molecule has 0 heterocycles. The molecule has 0 spiro atoms. The fourth-order valence-electron chi connectivity index (χ4n) is 2.09. The van der Waals surface area contributed by atoms with Crippen molar-refractivity contribution in [2.45, 2.75) is 19.1 Å². The van der Waals surface area contributed by atoms with Crippen molar-refractivity contribution in [2.24, 2.45) is 0 Å². The normalized spacial score (nSPS) is 11.2. The second kappa shape index (κ2) is 9.83. The Labute approximate surface area is 150 Å². The lowest BCUT2D eigenvalue weighted by Gasteiger charge is -2.19. The number of benzene rings is 2. The van der Waals surface area contributed by atoms with E-state index in [-0.39, 0.29) is 19.6 Å². The maximum absolute atomic E-state index is 11.7. The van der Waals surface area contributed by atoms with Crippen LogP contribution in [0.25, 0.3) is 0 Å². The molecule has 26 heavy (non-hydrogen) atoms. The molecule has 0 saturated carbocycles. The number of carboxylic acid groups (broad SMARTS) is 1. The number of carboxylic acids is 1. The molecule has 0 fully saturated rings. The molecule has 0 aliphatic heterocycles. The molecule has 0 aromatic heterocycles. The fourth-order valence-corrected chi connectivity index (χ4v) is 2.09. The van der Waals surface area contributed by atoms with Gasteiger partial charge in [-0.15, -0.1) is 0 Å². The zero-order valence-corrected chi connectivity index (χ0v) is 13.9. The van der Waals surface area contributed by atoms with Crippen molar-refractivity contribution in [1.29, 1.82) is 0 Å². The van der Waals surface area contributed by atoms with Crippen molar-refractivity contribution in [3.63, 3.8) is 0 Å². The van der Waals surface area contributed by atoms with E-state index < -0.39 is 18.1 Å². The zero-order chi connectivity index (χ0) is 18.8. The number of carbonyl (C=O) groups is 3. The van der Waals surface area contributed by atoms with Crippen LogP contribution in [-0.2, 0) is 16.1 Å². The summed E-state index contributed by atoms with van der Waals surface area (Å²) in [7, 11) is 0. The van der Waals surface area contributed by atoms with Crippen LogP contribution in [-0.4, -0.2) is 31.0 Å². The van der Waals surface area contributed by atoms with Gasteiger partial charge in [-0.2, -0.15) is 0 Å². The SMILES string of the molecule is O=Cc1ccc(OCCC(NC(=O)OCc2ccccc2)C(=O)[O-])cc1. The summed E-state index contributed by atoms with van der Waals surface area (Å²) in [4.78, 5) is 33.5. The average Bonchev–Trinajstić information content (AvgIpc) is 2.67. The Balaban J connectivity index is 1.77. The Hall–Kier alpha value is -3.35. The van der Waals surface area contributed by atoms with Gasteiger partial charge in [0, 0.05) is 12.0 Å². The summed E-state index contributed by atoms with van der Waals surface area (Å²) in [5.41, 5.74) is 1.29. The van der Waals surface area contributed by atoms with Gasteiger partial charge in [-0.25, -0.2) is 4.79 Å². The summed E-state index contributed by atoms with van der Waals surface area (Å²) in [6.07, 6.45) is -0.141. The first-order valence-corrected chi connectivity index (χ1v) is 7.94. The number of alkyl carbamates (subject to hydrolysis) is 1. The van der Waals surface area contributed by atoms with Crippen molar-refractivity contribution in [3.05, 3.63) is 65.7 Å². The Kier molecular flexibility index (Phi) is 7.17. The van der Waals surface area contributed by atoms with Crippen LogP contribution in [0.2, 0.25) is 0 Å². The van der Waals surface area contributed by atoms with E-state index in [1.807, 2.05) is 6.07 Å². The highest BCUT2D eigenvalue weighted by molar-refractivity contribution is 5.78. The number of ether oxygens (including phenoxy) is 2. The van der Waals surface area contributed by atoms with Crippen LogP contribution in [0.1, 0.15) is 22.3 Å². The zero-order valence-electron chi connectivity index (χ0n) is 13.9. The van der Waals surface area contributed by atoms with E-state index in [9.17, 15) is 19.5 Å². The molecule has 0 saturated heterocycles. The van der Waals surface area contributed by atoms with Gasteiger partial charge in [0.05, 0.1) is 18.6 Å². The van der Waals surface area contributed by atoms with Crippen molar-refractivity contribution in [1.82, 2.24) is 5.32 Å². The summed E-state index contributed by atoms with van der Waals surface area (Å²) in [6.45, 7) is 0.0735. The van der Waals surface area contributed by atoms with E-state index in [1.54, 1.807) is 48.5 Å². The lowest BCUT2D eigenvalue weighted by molar-refractivity contribution is -0.308. The second-order valence-corrected chi connectivity index (χ2v) is 5.40. The molecule has 1 unspecified atom stereocenters. The van der Waals surface area contributed by atoms with Crippen LogP contribution in [0.5, 0.6) is 5.75 Å². The molecule has 1 N–H and O–H groups in total. The van der Waals surface area contributed by atoms with Crippen LogP contribution in [0.15, 0.2) is 54.6 Å². The average molecular weight is 356 g/mol. The molecule has 0 radical (unpaired) electrons. The molecule has 7 nitrogen and oxygen atoms in total. The third-order valence-electron chi connectivity index (χ3n) is 3.48. The Morgan fingerprint density at radius 2 is 1.77 bits per heavy atom. The van der Waals surface area contributed by atoms with E-state index in [2.05, 4.69) is 5.32 Å². The lowest BCUT2D eigenvalue weighted by Crippen LogP contribution is -2.48. The maximum Gasteiger partial charge on any atom is 0.407 e. The maximum atomic E-state index is 11.7. The minimum absolute atomic E-state index is 0.00178. The standard InChI is InChI=1S/C19H19NO6/c21-12-14-6-8-16(9-7-14)25-11-10-17(18(22)23)20-19(24)26-13-15-4-2-1-3-5-15/h1-9,12,17H,10-11,13H2,(H,20,24)(H,22,23)/p-1. The predicted octanol–water partition coefficient (Wildman–Crippen LogP) is 1.31. The van der Waals surface area contributed by atoms with E-state index in [0.717, 1.165) is 5.56 Å². The lowest BCUT2D eigenvalue weighted by atomic mass is 10.2. The van der Waals surface area contributed by atoms with Crippen LogP contribution >= 0.6 is 0 Å². The molecule has 1 amide bonds. The summed E-state index contributed by atoms with van der Waals surface area (Å²) in [5, 5.41) is 13.4. The second-order valence-electron chi connectivity index (χ2n) is 5.40. The Morgan fingerprint density at radius 1 is 1.08 bits per heavy atom. The van der Waals surface area contributed by atoms with Crippen LogP contribution < -0.4 is 15.2 Å². The monoisotopic (exact) mass is 356 g/mol. The number of rotatable bonds is 9. The van der Waals surface area contributed by atoms with Gasteiger partial charge >= 0.3 is 6.09 Å². The molecule has 2 aromatic carbocycles. The highest BCUT2D eigenvalue weighted by Crippen LogP contribution is 2.11.